The second-order valence-electron chi connectivity index (χ2n) is 3.67. The van der Waals surface area contributed by atoms with Gasteiger partial charge in [0.2, 0.25) is 0 Å². The maximum Gasteiger partial charge on any atom is 0.127 e. The van der Waals surface area contributed by atoms with Crippen molar-refractivity contribution in [3.8, 4) is 0 Å². The van der Waals surface area contributed by atoms with Gasteiger partial charge in [0.25, 0.3) is 0 Å². The molecule has 0 saturated carbocycles. The van der Waals surface area contributed by atoms with Crippen molar-refractivity contribution in [2.45, 2.75) is 12.5 Å². The molecule has 1 aromatic heterocycles. The molecule has 0 amide bonds. The molecule has 0 radical (unpaired) electrons. The lowest BCUT2D eigenvalue weighted by molar-refractivity contribution is 0.412. The molecule has 0 fully saturated rings. The summed E-state index contributed by atoms with van der Waals surface area (Å²) in [5, 5.41) is 0.376. The van der Waals surface area contributed by atoms with Crippen molar-refractivity contribution in [2.75, 3.05) is 0 Å². The zero-order chi connectivity index (χ0) is 12.3. The summed E-state index contributed by atoms with van der Waals surface area (Å²) in [5.41, 5.74) is 3.14. The summed E-state index contributed by atoms with van der Waals surface area (Å²) in [5.74, 6) is 5.76. The van der Waals surface area contributed by atoms with Crippen molar-refractivity contribution in [1.82, 2.24) is 5.43 Å². The Labute approximate surface area is 103 Å². The van der Waals surface area contributed by atoms with Gasteiger partial charge in [-0.15, -0.1) is 0 Å². The number of halogens is 2. The maximum atomic E-state index is 13.6. The molecule has 0 aliphatic carbocycles. The Morgan fingerprint density at radius 3 is 2.82 bits per heavy atom. The molecule has 2 rings (SSSR count). The van der Waals surface area contributed by atoms with Crippen molar-refractivity contribution in [2.24, 2.45) is 5.84 Å². The number of hydrazine groups is 1. The number of nitrogens with one attached hydrogen (secondary N) is 1. The first-order valence-corrected chi connectivity index (χ1v) is 5.52. The fourth-order valence-corrected chi connectivity index (χ4v) is 1.80. The minimum atomic E-state index is -0.343. The lowest BCUT2D eigenvalue weighted by Gasteiger charge is -2.13. The molecule has 1 aromatic carbocycles. The van der Waals surface area contributed by atoms with Crippen LogP contribution in [0.15, 0.2) is 41.0 Å². The third-order valence-corrected chi connectivity index (χ3v) is 2.76. The van der Waals surface area contributed by atoms with Gasteiger partial charge in [0.15, 0.2) is 0 Å². The van der Waals surface area contributed by atoms with E-state index < -0.39 is 0 Å². The van der Waals surface area contributed by atoms with Gasteiger partial charge in [0, 0.05) is 5.02 Å². The normalized spacial score (nSPS) is 12.6. The summed E-state index contributed by atoms with van der Waals surface area (Å²) in [6.45, 7) is 0. The van der Waals surface area contributed by atoms with Crippen LogP contribution in [0, 0.1) is 5.82 Å². The van der Waals surface area contributed by atoms with E-state index in [1.807, 2.05) is 0 Å². The highest BCUT2D eigenvalue weighted by Gasteiger charge is 2.15. The van der Waals surface area contributed by atoms with E-state index in [4.69, 9.17) is 21.9 Å². The quantitative estimate of drug-likeness (QED) is 0.652. The molecule has 5 heteroatoms. The average molecular weight is 255 g/mol. The smallest absolute Gasteiger partial charge is 0.127 e. The lowest BCUT2D eigenvalue weighted by Crippen LogP contribution is -2.29. The molecule has 0 saturated heterocycles. The van der Waals surface area contributed by atoms with Crippen molar-refractivity contribution < 1.29 is 8.81 Å². The first-order chi connectivity index (χ1) is 8.20. The second-order valence-corrected chi connectivity index (χ2v) is 4.11. The van der Waals surface area contributed by atoms with Gasteiger partial charge in [-0.2, -0.15) is 0 Å². The van der Waals surface area contributed by atoms with Crippen molar-refractivity contribution in [3.05, 3.63) is 58.8 Å². The highest BCUT2D eigenvalue weighted by atomic mass is 35.5. The summed E-state index contributed by atoms with van der Waals surface area (Å²) < 4.78 is 18.8. The predicted molar refractivity (Wildman–Crippen MR) is 63.9 cm³/mol. The fourth-order valence-electron chi connectivity index (χ4n) is 1.64. The molecule has 90 valence electrons. The zero-order valence-corrected chi connectivity index (χ0v) is 9.75. The Kier molecular flexibility index (Phi) is 3.78. The molecule has 1 unspecified atom stereocenters. The fraction of sp³-hybridized carbons (Fsp3) is 0.167. The van der Waals surface area contributed by atoms with Crippen LogP contribution < -0.4 is 11.3 Å². The second kappa shape index (κ2) is 5.31. The van der Waals surface area contributed by atoms with Crippen LogP contribution in [-0.2, 0) is 6.42 Å². The highest BCUT2D eigenvalue weighted by molar-refractivity contribution is 6.30. The van der Waals surface area contributed by atoms with Gasteiger partial charge in [0.05, 0.1) is 12.3 Å². The van der Waals surface area contributed by atoms with Crippen LogP contribution in [-0.4, -0.2) is 0 Å². The van der Waals surface area contributed by atoms with Gasteiger partial charge in [-0.1, -0.05) is 17.7 Å². The molecule has 2 aromatic rings. The Bertz CT molecular complexity index is 487. The summed E-state index contributed by atoms with van der Waals surface area (Å²) in [6.07, 6.45) is 1.95. The summed E-state index contributed by atoms with van der Waals surface area (Å²) in [4.78, 5) is 0. The van der Waals surface area contributed by atoms with Crippen LogP contribution >= 0.6 is 11.6 Å². The zero-order valence-electron chi connectivity index (χ0n) is 8.99. The first kappa shape index (κ1) is 12.1. The van der Waals surface area contributed by atoms with Gasteiger partial charge in [-0.25, -0.2) is 9.82 Å². The molecule has 1 heterocycles. The number of rotatable bonds is 4. The Morgan fingerprint density at radius 2 is 2.24 bits per heavy atom. The highest BCUT2D eigenvalue weighted by Crippen LogP contribution is 2.21. The molecule has 0 aliphatic heterocycles. The number of hydrogen-bond donors (Lipinski definition) is 2. The van der Waals surface area contributed by atoms with Crippen molar-refractivity contribution in [1.29, 1.82) is 0 Å². The molecule has 17 heavy (non-hydrogen) atoms. The molecule has 3 N–H and O–H groups in total. The predicted octanol–water partition coefficient (Wildman–Crippen LogP) is 2.82. The van der Waals surface area contributed by atoms with Gasteiger partial charge in [0.1, 0.15) is 11.6 Å². The molecule has 0 aliphatic rings. The standard InChI is InChI=1S/C12H12ClFN2O/c13-9-4-3-8(10(14)7-9)6-11(16-15)12-2-1-5-17-12/h1-5,7,11,16H,6,15H2. The molecular formula is C12H12ClFN2O. The van der Waals surface area contributed by atoms with Crippen LogP contribution in [0.25, 0.3) is 0 Å². The third-order valence-electron chi connectivity index (χ3n) is 2.53. The lowest BCUT2D eigenvalue weighted by atomic mass is 10.0. The van der Waals surface area contributed by atoms with Gasteiger partial charge < -0.3 is 4.42 Å². The van der Waals surface area contributed by atoms with Crippen molar-refractivity contribution in [3.63, 3.8) is 0 Å². The number of benzene rings is 1. The van der Waals surface area contributed by atoms with E-state index in [0.29, 0.717) is 22.8 Å². The SMILES string of the molecule is NNC(Cc1ccc(Cl)cc1F)c1ccco1. The van der Waals surface area contributed by atoms with Gasteiger partial charge in [-0.05, 0) is 36.2 Å². The van der Waals surface area contributed by atoms with E-state index >= 15 is 0 Å². The molecule has 1 atom stereocenters. The minimum Gasteiger partial charge on any atom is -0.468 e. The summed E-state index contributed by atoms with van der Waals surface area (Å²) in [6, 6.07) is 7.87. The van der Waals surface area contributed by atoms with Gasteiger partial charge in [-0.3, -0.25) is 5.84 Å². The molecule has 0 spiro atoms. The van der Waals surface area contributed by atoms with E-state index in [9.17, 15) is 4.39 Å². The third kappa shape index (κ3) is 2.85. The van der Waals surface area contributed by atoms with Crippen LogP contribution in [0.5, 0.6) is 0 Å². The van der Waals surface area contributed by atoms with E-state index in [0.717, 1.165) is 0 Å². The Hall–Kier alpha value is -1.36. The van der Waals surface area contributed by atoms with E-state index in [1.54, 1.807) is 30.5 Å². The number of furan rings is 1. The van der Waals surface area contributed by atoms with E-state index in [1.165, 1.54) is 6.07 Å². The monoisotopic (exact) mass is 254 g/mol. The molecule has 3 nitrogen and oxygen atoms in total. The Morgan fingerprint density at radius 1 is 1.41 bits per heavy atom. The summed E-state index contributed by atoms with van der Waals surface area (Å²) >= 11 is 5.69. The van der Waals surface area contributed by atoms with Crippen LogP contribution in [0.3, 0.4) is 0 Å². The maximum absolute atomic E-state index is 13.6. The summed E-state index contributed by atoms with van der Waals surface area (Å²) in [7, 11) is 0. The van der Waals surface area contributed by atoms with E-state index in [-0.39, 0.29) is 11.9 Å². The number of nitrogens with two attached hydrogens (primary N) is 1. The molecule has 0 bridgehead atoms. The topological polar surface area (TPSA) is 51.2 Å². The van der Waals surface area contributed by atoms with Crippen LogP contribution in [0.1, 0.15) is 17.4 Å². The average Bonchev–Trinajstić information content (AvgIpc) is 2.81. The van der Waals surface area contributed by atoms with Crippen LogP contribution in [0.2, 0.25) is 5.02 Å². The number of hydrogen-bond acceptors (Lipinski definition) is 3. The first-order valence-electron chi connectivity index (χ1n) is 5.14. The molecular weight excluding hydrogens is 243 g/mol. The van der Waals surface area contributed by atoms with Crippen LogP contribution in [0.4, 0.5) is 4.39 Å². The largest absolute Gasteiger partial charge is 0.468 e. The Balaban J connectivity index is 2.19. The minimum absolute atomic E-state index is 0.263. The van der Waals surface area contributed by atoms with Crippen molar-refractivity contribution >= 4 is 11.6 Å². The van der Waals surface area contributed by atoms with Gasteiger partial charge >= 0.3 is 0 Å². The van der Waals surface area contributed by atoms with E-state index in [2.05, 4.69) is 5.43 Å².